The van der Waals surface area contributed by atoms with Crippen molar-refractivity contribution in [3.05, 3.63) is 158 Å². The van der Waals surface area contributed by atoms with Gasteiger partial charge in [0.15, 0.2) is 23.1 Å². The standard InChI is InChI=1S/C49H29N7OS2/c1-56-39-26-29(20-22-36(39)50-47(56)28-11-3-2-4-12-28)44-53-45(30-19-21-35-34-13-5-9-17-41(34)58-43(35)27-30)55-46(54-44)31-23-32(48-51-37-14-6-8-16-40(37)57-48)25-33(24-31)49-52-38-15-7-10-18-42(38)59-49/h2-27H,1H3. The highest BCUT2D eigenvalue weighted by molar-refractivity contribution is 7.25. The number of oxazole rings is 1. The Kier molecular flexibility index (Phi) is 7.62. The molecule has 0 spiro atoms. The maximum Gasteiger partial charge on any atom is 0.227 e. The normalized spacial score (nSPS) is 11.8. The van der Waals surface area contributed by atoms with Gasteiger partial charge in [-0.3, -0.25) is 0 Å². The van der Waals surface area contributed by atoms with Gasteiger partial charge in [-0.2, -0.15) is 0 Å². The van der Waals surface area contributed by atoms with Gasteiger partial charge >= 0.3 is 0 Å². The van der Waals surface area contributed by atoms with E-state index in [-0.39, 0.29) is 0 Å². The lowest BCUT2D eigenvalue weighted by molar-refractivity contribution is 0.620. The Morgan fingerprint density at radius 1 is 0.424 bits per heavy atom. The quantitative estimate of drug-likeness (QED) is 0.165. The van der Waals surface area contributed by atoms with Gasteiger partial charge in [0, 0.05) is 60.6 Å². The number of aromatic nitrogens is 7. The Morgan fingerprint density at radius 2 is 1.08 bits per heavy atom. The largest absolute Gasteiger partial charge is 0.436 e. The second kappa shape index (κ2) is 13.3. The van der Waals surface area contributed by atoms with E-state index in [1.165, 1.54) is 20.2 Å². The minimum atomic E-state index is 0.510. The summed E-state index contributed by atoms with van der Waals surface area (Å²) in [4.78, 5) is 30.6. The summed E-state index contributed by atoms with van der Waals surface area (Å²) < 4.78 is 12.0. The Bertz CT molecular complexity index is 3440. The van der Waals surface area contributed by atoms with Crippen LogP contribution in [0, 0.1) is 0 Å². The molecule has 59 heavy (non-hydrogen) atoms. The molecule has 12 aromatic rings. The molecule has 10 heteroatoms. The van der Waals surface area contributed by atoms with Crippen molar-refractivity contribution in [1.82, 2.24) is 34.5 Å². The molecule has 0 aliphatic rings. The summed E-state index contributed by atoms with van der Waals surface area (Å²) in [6.45, 7) is 0. The first-order valence-electron chi connectivity index (χ1n) is 19.2. The number of imidazole rings is 1. The maximum absolute atomic E-state index is 6.34. The molecular formula is C49H29N7OS2. The van der Waals surface area contributed by atoms with E-state index in [0.717, 1.165) is 76.6 Å². The predicted octanol–water partition coefficient (Wildman–Crippen LogP) is 12.9. The molecular weight excluding hydrogens is 767 g/mol. The summed E-state index contributed by atoms with van der Waals surface area (Å²) in [5, 5.41) is 3.34. The van der Waals surface area contributed by atoms with Gasteiger partial charge in [-0.05, 0) is 72.8 Å². The van der Waals surface area contributed by atoms with E-state index in [4.69, 9.17) is 34.3 Å². The third kappa shape index (κ3) is 5.80. The van der Waals surface area contributed by atoms with Gasteiger partial charge in [-0.1, -0.05) is 84.9 Å². The minimum absolute atomic E-state index is 0.510. The summed E-state index contributed by atoms with van der Waals surface area (Å²) in [5.74, 6) is 3.06. The van der Waals surface area contributed by atoms with E-state index in [0.29, 0.717) is 23.4 Å². The number of thiophene rings is 1. The molecule has 7 aromatic carbocycles. The van der Waals surface area contributed by atoms with Crippen LogP contribution >= 0.6 is 22.7 Å². The molecule has 0 saturated heterocycles. The Morgan fingerprint density at radius 3 is 1.92 bits per heavy atom. The van der Waals surface area contributed by atoms with Crippen LogP contribution in [0.3, 0.4) is 0 Å². The fourth-order valence-corrected chi connectivity index (χ4v) is 9.90. The van der Waals surface area contributed by atoms with Crippen molar-refractivity contribution >= 4 is 75.2 Å². The molecule has 8 nitrogen and oxygen atoms in total. The van der Waals surface area contributed by atoms with E-state index in [1.807, 2.05) is 79.8 Å². The Balaban J connectivity index is 1.07. The fourth-order valence-electron chi connectivity index (χ4n) is 7.80. The summed E-state index contributed by atoms with van der Waals surface area (Å²) in [7, 11) is 2.05. The van der Waals surface area contributed by atoms with Crippen molar-refractivity contribution in [2.24, 2.45) is 7.05 Å². The Labute approximate surface area is 344 Å². The third-order valence-electron chi connectivity index (χ3n) is 10.7. The van der Waals surface area contributed by atoms with Crippen molar-refractivity contribution in [3.63, 3.8) is 0 Å². The number of hydrogen-bond donors (Lipinski definition) is 0. The van der Waals surface area contributed by atoms with Crippen molar-refractivity contribution < 1.29 is 4.42 Å². The Hall–Kier alpha value is -7.40. The number of nitrogens with zero attached hydrogens (tertiary/aromatic N) is 7. The van der Waals surface area contributed by atoms with E-state index >= 15 is 0 Å². The molecule has 5 heterocycles. The number of fused-ring (bicyclic) bond motifs is 6. The second-order valence-electron chi connectivity index (χ2n) is 14.5. The second-order valence-corrected chi connectivity index (χ2v) is 16.6. The van der Waals surface area contributed by atoms with E-state index < -0.39 is 0 Å². The topological polar surface area (TPSA) is 95.4 Å². The first-order chi connectivity index (χ1) is 29.1. The number of thiazole rings is 1. The third-order valence-corrected chi connectivity index (χ3v) is 12.9. The van der Waals surface area contributed by atoms with Gasteiger partial charge in [0.2, 0.25) is 5.89 Å². The number of rotatable bonds is 6. The van der Waals surface area contributed by atoms with Crippen LogP contribution in [0.5, 0.6) is 0 Å². The zero-order chi connectivity index (χ0) is 39.0. The van der Waals surface area contributed by atoms with Crippen molar-refractivity contribution in [1.29, 1.82) is 0 Å². The summed E-state index contributed by atoms with van der Waals surface area (Å²) >= 11 is 3.42. The van der Waals surface area contributed by atoms with Crippen LogP contribution in [-0.2, 0) is 7.05 Å². The molecule has 0 atom stereocenters. The van der Waals surface area contributed by atoms with E-state index in [9.17, 15) is 0 Å². The molecule has 0 aliphatic heterocycles. The van der Waals surface area contributed by atoms with Crippen LogP contribution in [0.4, 0.5) is 0 Å². The predicted molar refractivity (Wildman–Crippen MR) is 240 cm³/mol. The average Bonchev–Trinajstić information content (AvgIpc) is 4.09. The summed E-state index contributed by atoms with van der Waals surface area (Å²) in [5.41, 5.74) is 9.65. The zero-order valence-corrected chi connectivity index (χ0v) is 33.0. The lowest BCUT2D eigenvalue weighted by Crippen LogP contribution is -2.01. The number of hydrogen-bond acceptors (Lipinski definition) is 9. The highest BCUT2D eigenvalue weighted by Crippen LogP contribution is 2.39. The average molecular weight is 796 g/mol. The van der Waals surface area contributed by atoms with E-state index in [2.05, 4.69) is 89.5 Å². The van der Waals surface area contributed by atoms with Crippen LogP contribution in [0.15, 0.2) is 162 Å². The molecule has 0 bridgehead atoms. The van der Waals surface area contributed by atoms with Crippen molar-refractivity contribution in [2.75, 3.05) is 0 Å². The molecule has 0 aliphatic carbocycles. The molecule has 0 saturated carbocycles. The van der Waals surface area contributed by atoms with Gasteiger partial charge in [0.05, 0.1) is 21.3 Å². The van der Waals surface area contributed by atoms with Gasteiger partial charge in [-0.15, -0.1) is 22.7 Å². The highest BCUT2D eigenvalue weighted by atomic mass is 32.1. The smallest absolute Gasteiger partial charge is 0.227 e. The molecule has 278 valence electrons. The molecule has 5 aromatic heterocycles. The lowest BCUT2D eigenvalue weighted by atomic mass is 10.0. The van der Waals surface area contributed by atoms with Gasteiger partial charge in [0.25, 0.3) is 0 Å². The molecule has 0 unspecified atom stereocenters. The molecule has 0 fully saturated rings. The molecule has 12 rings (SSSR count). The fraction of sp³-hybridized carbons (Fsp3) is 0.0204. The van der Waals surface area contributed by atoms with Crippen LogP contribution in [0.1, 0.15) is 0 Å². The zero-order valence-electron chi connectivity index (χ0n) is 31.4. The van der Waals surface area contributed by atoms with Crippen LogP contribution in [-0.4, -0.2) is 34.5 Å². The highest BCUT2D eigenvalue weighted by Gasteiger charge is 2.20. The van der Waals surface area contributed by atoms with Gasteiger partial charge < -0.3 is 8.98 Å². The summed E-state index contributed by atoms with van der Waals surface area (Å²) in [6, 6.07) is 53.7. The number of para-hydroxylation sites is 3. The minimum Gasteiger partial charge on any atom is -0.436 e. The van der Waals surface area contributed by atoms with Crippen LogP contribution in [0.25, 0.3) is 120 Å². The summed E-state index contributed by atoms with van der Waals surface area (Å²) in [6.07, 6.45) is 0. The number of aryl methyl sites for hydroxylation is 1. The van der Waals surface area contributed by atoms with Gasteiger partial charge in [-0.25, -0.2) is 29.9 Å². The van der Waals surface area contributed by atoms with Crippen molar-refractivity contribution in [2.45, 2.75) is 0 Å². The monoisotopic (exact) mass is 795 g/mol. The molecule has 0 N–H and O–H groups in total. The van der Waals surface area contributed by atoms with Crippen molar-refractivity contribution in [3.8, 4) is 67.6 Å². The SMILES string of the molecule is Cn1c(-c2ccccc2)nc2ccc(-c3nc(-c4cc(-c5nc6ccccc6o5)cc(-c5nc6ccccc6s5)c4)nc(-c4ccc5c(c4)sc4ccccc45)n3)cc21. The molecule has 0 radical (unpaired) electrons. The number of benzene rings is 7. The first kappa shape index (κ1) is 33.7. The van der Waals surface area contributed by atoms with Crippen LogP contribution < -0.4 is 0 Å². The van der Waals surface area contributed by atoms with Gasteiger partial charge in [0.1, 0.15) is 16.3 Å². The lowest BCUT2D eigenvalue weighted by Gasteiger charge is -2.11. The van der Waals surface area contributed by atoms with E-state index in [1.54, 1.807) is 22.7 Å². The first-order valence-corrected chi connectivity index (χ1v) is 20.8. The maximum atomic E-state index is 6.34. The molecule has 0 amide bonds. The van der Waals surface area contributed by atoms with Crippen LogP contribution in [0.2, 0.25) is 0 Å².